The molecule has 5 rings (SSSR count). The van der Waals surface area contributed by atoms with Crippen LogP contribution in [-0.2, 0) is 77.9 Å². The normalized spacial score (nSPS) is 26.5. The molecule has 4 aliphatic heterocycles. The van der Waals surface area contributed by atoms with Gasteiger partial charge >= 0.3 is 12.1 Å². The van der Waals surface area contributed by atoms with Crippen molar-refractivity contribution in [3.63, 3.8) is 0 Å². The topological polar surface area (TPSA) is 265 Å². The number of rotatable bonds is 29. The fraction of sp³-hybridized carbons (Fsp3) is 0.690. The number of ketones is 2. The second-order valence-electron chi connectivity index (χ2n) is 22.2. The molecule has 4 heterocycles. The maximum atomic E-state index is 14.4. The zero-order chi connectivity index (χ0) is 60.5. The van der Waals surface area contributed by atoms with Crippen LogP contribution in [0.25, 0.3) is 0 Å². The first-order valence-electron chi connectivity index (χ1n) is 27.9. The molecule has 3 saturated heterocycles. The zero-order valence-electron chi connectivity index (χ0n) is 49.4. The SMILES string of the molecule is COc1cc2cc(c1Cl)N(C)C(=O)C[C@H](OC(=O)[C@H](C)N(C)C(=O)CCC(C)(C)SC1CC(=O)N(CCC(=O)CCCOCCOCCOCCOCCC(C)=O)C1=O)[C@]1(C)O[C@H]1[C@H](C)[C@@H]1C[C@@](O)(NC(=O)O1)[C@H](OC)/C=C/C=C(\C)C2. The maximum Gasteiger partial charge on any atom is 0.409 e. The fourth-order valence-corrected chi connectivity index (χ4v) is 11.7. The van der Waals surface area contributed by atoms with Gasteiger partial charge in [0.15, 0.2) is 5.72 Å². The van der Waals surface area contributed by atoms with Crippen LogP contribution in [-0.4, -0.2) is 202 Å². The Morgan fingerprint density at radius 1 is 0.939 bits per heavy atom. The van der Waals surface area contributed by atoms with E-state index >= 15 is 0 Å². The Morgan fingerprint density at radius 3 is 2.22 bits per heavy atom. The van der Waals surface area contributed by atoms with Crippen LogP contribution < -0.4 is 15.0 Å². The number of epoxide rings is 1. The Bertz CT molecular complexity index is 2490. The van der Waals surface area contributed by atoms with Gasteiger partial charge < -0.3 is 57.5 Å². The van der Waals surface area contributed by atoms with E-state index in [4.69, 9.17) is 54.2 Å². The Morgan fingerprint density at radius 2 is 1.59 bits per heavy atom. The highest BCUT2D eigenvalue weighted by atomic mass is 35.5. The lowest BCUT2D eigenvalue weighted by Crippen LogP contribution is -2.63. The molecule has 24 heteroatoms. The van der Waals surface area contributed by atoms with Crippen molar-refractivity contribution in [1.82, 2.24) is 15.1 Å². The van der Waals surface area contributed by atoms with E-state index in [0.717, 1.165) is 16.0 Å². The number of nitrogens with zero attached hydrogens (tertiary/aromatic N) is 3. The number of thioether (sulfide) groups is 1. The quantitative estimate of drug-likeness (QED) is 0.0420. The smallest absolute Gasteiger partial charge is 0.409 e. The number of anilines is 1. The Hall–Kier alpha value is -4.98. The molecule has 1 aromatic carbocycles. The van der Waals surface area contributed by atoms with E-state index in [1.165, 1.54) is 56.7 Å². The number of Topliss-reactive ketones (excluding diaryl/α,β-unsaturated/α-hetero) is 2. The number of ether oxygens (including phenoxy) is 9. The minimum atomic E-state index is -1.89. The van der Waals surface area contributed by atoms with Crippen LogP contribution in [0.1, 0.15) is 112 Å². The van der Waals surface area contributed by atoms with Crippen molar-refractivity contribution in [1.29, 1.82) is 0 Å². The number of likely N-dealkylation sites (N-methyl/N-ethyl adjacent to an activating group) is 1. The molecular weight excluding hydrogens is 1110 g/mol. The van der Waals surface area contributed by atoms with Crippen LogP contribution in [0.4, 0.5) is 10.5 Å². The fourth-order valence-electron chi connectivity index (χ4n) is 9.94. The number of fused-ring (bicyclic) bond motifs is 5. The van der Waals surface area contributed by atoms with Crippen LogP contribution >= 0.6 is 23.4 Å². The molecule has 4 aliphatic rings. The number of hydrogen-bond acceptors (Lipinski definition) is 19. The first kappa shape index (κ1) is 67.8. The van der Waals surface area contributed by atoms with Crippen LogP contribution in [0, 0.1) is 5.92 Å². The van der Waals surface area contributed by atoms with Crippen molar-refractivity contribution in [3.8, 4) is 5.75 Å². The molecule has 22 nitrogen and oxygen atoms in total. The largest absolute Gasteiger partial charge is 0.495 e. The van der Waals surface area contributed by atoms with Crippen molar-refractivity contribution in [2.24, 2.45) is 5.92 Å². The first-order valence-corrected chi connectivity index (χ1v) is 29.2. The molecule has 5 amide bonds. The molecule has 0 spiro atoms. The van der Waals surface area contributed by atoms with Gasteiger partial charge in [-0.05, 0) is 64.7 Å². The highest BCUT2D eigenvalue weighted by molar-refractivity contribution is 8.02. The van der Waals surface area contributed by atoms with Gasteiger partial charge in [0.1, 0.15) is 52.3 Å². The van der Waals surface area contributed by atoms with Gasteiger partial charge in [0.2, 0.25) is 23.6 Å². The number of carbonyl (C=O) groups excluding carboxylic acids is 8. The predicted octanol–water partition coefficient (Wildman–Crippen LogP) is 5.72. The van der Waals surface area contributed by atoms with Gasteiger partial charge in [-0.25, -0.2) is 9.59 Å². The number of likely N-dealkylation sites (tertiary alicyclic amines) is 1. The summed E-state index contributed by atoms with van der Waals surface area (Å²) in [6, 6.07) is 2.39. The van der Waals surface area contributed by atoms with Gasteiger partial charge in [-0.2, -0.15) is 0 Å². The minimum Gasteiger partial charge on any atom is -0.495 e. The summed E-state index contributed by atoms with van der Waals surface area (Å²) in [4.78, 5) is 109. The number of nitrogens with one attached hydrogen (secondary N) is 1. The number of aliphatic hydroxyl groups is 1. The van der Waals surface area contributed by atoms with E-state index in [-0.39, 0.29) is 73.5 Å². The van der Waals surface area contributed by atoms with Gasteiger partial charge in [-0.1, -0.05) is 56.2 Å². The van der Waals surface area contributed by atoms with Crippen molar-refractivity contribution >= 4 is 76.3 Å². The summed E-state index contributed by atoms with van der Waals surface area (Å²) in [5, 5.41) is 13.9. The number of imide groups is 1. The monoisotopic (exact) mass is 1190 g/mol. The summed E-state index contributed by atoms with van der Waals surface area (Å²) in [5.41, 5.74) is -1.20. The summed E-state index contributed by atoms with van der Waals surface area (Å²) in [5.74, 6) is -2.77. The number of benzene rings is 1. The Kier molecular flexibility index (Phi) is 25.8. The molecule has 3 fully saturated rings. The molecule has 9 atom stereocenters. The highest BCUT2D eigenvalue weighted by Gasteiger charge is 2.64. The number of carbonyl (C=O) groups is 8. The van der Waals surface area contributed by atoms with Crippen molar-refractivity contribution in [2.75, 3.05) is 92.6 Å². The van der Waals surface area contributed by atoms with Crippen LogP contribution in [0.15, 0.2) is 35.9 Å². The van der Waals surface area contributed by atoms with E-state index in [0.29, 0.717) is 83.6 Å². The van der Waals surface area contributed by atoms with Crippen molar-refractivity contribution in [2.45, 2.75) is 164 Å². The molecule has 0 aromatic heterocycles. The third-order valence-corrected chi connectivity index (χ3v) is 17.1. The van der Waals surface area contributed by atoms with Crippen molar-refractivity contribution in [3.05, 3.63) is 46.5 Å². The average molecular weight is 1190 g/mol. The summed E-state index contributed by atoms with van der Waals surface area (Å²) < 4.78 is 50.6. The van der Waals surface area contributed by atoms with E-state index < -0.39 is 88.0 Å². The molecule has 0 saturated carbocycles. The molecule has 0 radical (unpaired) electrons. The molecule has 1 unspecified atom stereocenters. The van der Waals surface area contributed by atoms with E-state index in [9.17, 15) is 43.5 Å². The molecule has 458 valence electrons. The van der Waals surface area contributed by atoms with E-state index in [1.807, 2.05) is 26.8 Å². The molecule has 2 N–H and O–H groups in total. The lowest BCUT2D eigenvalue weighted by Gasteiger charge is -2.42. The summed E-state index contributed by atoms with van der Waals surface area (Å²) in [7, 11) is 5.90. The Labute approximate surface area is 490 Å². The number of esters is 1. The Balaban J connectivity index is 1.14. The zero-order valence-corrected chi connectivity index (χ0v) is 51.0. The lowest BCUT2D eigenvalue weighted by atomic mass is 9.83. The third kappa shape index (κ3) is 19.3. The molecule has 1 aromatic rings. The number of alkyl carbamates (subject to hydrolysis) is 1. The van der Waals surface area contributed by atoms with E-state index in [1.54, 1.807) is 45.2 Å². The summed E-state index contributed by atoms with van der Waals surface area (Å²) >= 11 is 8.12. The number of methoxy groups -OCH3 is 2. The highest BCUT2D eigenvalue weighted by Crippen LogP contribution is 2.49. The number of allylic oxidation sites excluding steroid dienone is 3. The molecular formula is C58H85ClN4O18S. The number of hydrogen-bond donors (Lipinski definition) is 2. The second-order valence-corrected chi connectivity index (χ2v) is 24.4. The van der Waals surface area contributed by atoms with Gasteiger partial charge in [0, 0.05) is 83.5 Å². The van der Waals surface area contributed by atoms with E-state index in [2.05, 4.69) is 5.32 Å². The number of amides is 5. The maximum absolute atomic E-state index is 14.4. The van der Waals surface area contributed by atoms with Gasteiger partial charge in [-0.15, -0.1) is 11.8 Å². The minimum absolute atomic E-state index is 0.0239. The molecule has 0 aliphatic carbocycles. The second kappa shape index (κ2) is 31.2. The molecule has 4 bridgehead atoms. The third-order valence-electron chi connectivity index (χ3n) is 15.2. The standard InChI is InChI=1S/C58H85ClN4O18S/c1-36-14-12-16-46(74-11)58(72)35-44(79-55(71)60-58)38(3)52-57(7,81-52)47(34-49(67)62(9)42-31-40(30-36)32-43(73-10)51(42)59)80-54(70)39(4)61(8)48(66)17-20-56(5,6)82-45-33-50(68)63(53(45)69)21-18-41(65)15-13-22-75-24-26-77-28-29-78-27-25-76-23-19-37(2)64/h12,14,16,31-32,38-39,44-47,52,72H,13,15,17-30,33-35H2,1-11H3,(H,60,71)/b16-12+,36-14+/t38-,39+,44+,45?,46-,47+,52+,57+,58+/m1/s1. The lowest BCUT2D eigenvalue weighted by molar-refractivity contribution is -0.162. The van der Waals surface area contributed by atoms with Crippen LogP contribution in [0.2, 0.25) is 5.02 Å². The van der Waals surface area contributed by atoms with Crippen LogP contribution in [0.3, 0.4) is 0 Å². The first-order chi connectivity index (χ1) is 38.7. The predicted molar refractivity (Wildman–Crippen MR) is 304 cm³/mol. The summed E-state index contributed by atoms with van der Waals surface area (Å²) in [6.45, 7) is 15.1. The number of halogens is 1. The van der Waals surface area contributed by atoms with Crippen molar-refractivity contribution < 1.29 is 86.1 Å². The van der Waals surface area contributed by atoms with Crippen LogP contribution in [0.5, 0.6) is 5.75 Å². The van der Waals surface area contributed by atoms with Gasteiger partial charge in [0.05, 0.1) is 76.8 Å². The van der Waals surface area contributed by atoms with Gasteiger partial charge in [-0.3, -0.25) is 39.0 Å². The summed E-state index contributed by atoms with van der Waals surface area (Å²) in [6.07, 6.45) is 1.67. The average Bonchev–Trinajstić information content (AvgIpc) is 3.49. The molecule has 82 heavy (non-hydrogen) atoms. The van der Waals surface area contributed by atoms with Gasteiger partial charge in [0.25, 0.3) is 0 Å².